The predicted molar refractivity (Wildman–Crippen MR) is 145 cm³/mol. The summed E-state index contributed by atoms with van der Waals surface area (Å²) in [5.74, 6) is -2.42. The molecule has 0 radical (unpaired) electrons. The SMILES string of the molecule is CC(C)(C)OC(=O)C(CCC(=O)NCc1ccccn1)(CCC(=O)NCc1ccccn1)C(=O)OC(C)(C)C. The van der Waals surface area contributed by atoms with Gasteiger partial charge in [-0.25, -0.2) is 0 Å². The summed E-state index contributed by atoms with van der Waals surface area (Å²) in [6.07, 6.45) is 2.52. The van der Waals surface area contributed by atoms with E-state index in [0.717, 1.165) is 0 Å². The number of amides is 2. The minimum atomic E-state index is -1.87. The van der Waals surface area contributed by atoms with Crippen molar-refractivity contribution in [3.63, 3.8) is 0 Å². The lowest BCUT2D eigenvalue weighted by molar-refractivity contribution is -0.186. The molecule has 2 N–H and O–H groups in total. The van der Waals surface area contributed by atoms with Gasteiger partial charge >= 0.3 is 11.9 Å². The number of nitrogens with zero attached hydrogens (tertiary/aromatic N) is 2. The van der Waals surface area contributed by atoms with Gasteiger partial charge in [0.05, 0.1) is 24.5 Å². The van der Waals surface area contributed by atoms with Crippen molar-refractivity contribution in [2.45, 2.75) is 91.5 Å². The van der Waals surface area contributed by atoms with E-state index in [1.165, 1.54) is 0 Å². The second-order valence-electron chi connectivity index (χ2n) is 11.3. The molecule has 39 heavy (non-hydrogen) atoms. The molecule has 212 valence electrons. The molecule has 0 aliphatic heterocycles. The van der Waals surface area contributed by atoms with Crippen LogP contribution in [0.4, 0.5) is 0 Å². The number of carbonyl (C=O) groups is 4. The molecule has 10 nitrogen and oxygen atoms in total. The molecule has 0 saturated carbocycles. The Labute approximate surface area is 230 Å². The summed E-state index contributed by atoms with van der Waals surface area (Å²) >= 11 is 0. The molecule has 2 heterocycles. The maximum Gasteiger partial charge on any atom is 0.324 e. The maximum absolute atomic E-state index is 13.6. The van der Waals surface area contributed by atoms with Gasteiger partial charge in [0.25, 0.3) is 0 Å². The molecular weight excluding hydrogens is 500 g/mol. The Hall–Kier alpha value is -3.82. The fraction of sp³-hybridized carbons (Fsp3) is 0.517. The smallest absolute Gasteiger partial charge is 0.324 e. The lowest BCUT2D eigenvalue weighted by Crippen LogP contribution is -2.48. The molecule has 0 bridgehead atoms. The van der Waals surface area contributed by atoms with E-state index in [1.54, 1.807) is 78.2 Å². The number of hydrogen-bond acceptors (Lipinski definition) is 8. The molecule has 2 rings (SSSR count). The quantitative estimate of drug-likeness (QED) is 0.308. The van der Waals surface area contributed by atoms with E-state index in [4.69, 9.17) is 9.47 Å². The highest BCUT2D eigenvalue weighted by Crippen LogP contribution is 2.36. The Morgan fingerprint density at radius 1 is 0.667 bits per heavy atom. The molecule has 2 aromatic rings. The monoisotopic (exact) mass is 540 g/mol. The zero-order chi connectivity index (χ0) is 29.1. The standard InChI is InChI=1S/C29H40N4O6/c1-27(2,3)38-25(36)29(26(37)39-28(4,5)6,15-13-23(34)32-19-21-11-7-9-17-30-21)16-14-24(35)33-20-22-12-8-10-18-31-22/h7-12,17-18H,13-16,19-20H2,1-6H3,(H,32,34)(H,33,35). The first-order valence-corrected chi connectivity index (χ1v) is 13.0. The van der Waals surface area contributed by atoms with Crippen molar-refractivity contribution < 1.29 is 28.7 Å². The molecule has 0 aromatic carbocycles. The summed E-state index contributed by atoms with van der Waals surface area (Å²) < 4.78 is 11.3. The Morgan fingerprint density at radius 2 is 1.05 bits per heavy atom. The molecule has 2 aromatic heterocycles. The minimum absolute atomic E-state index is 0.166. The van der Waals surface area contributed by atoms with Crippen LogP contribution in [0.15, 0.2) is 48.8 Å². The van der Waals surface area contributed by atoms with Gasteiger partial charge in [-0.05, 0) is 78.6 Å². The summed E-state index contributed by atoms with van der Waals surface area (Å²) in [6, 6.07) is 10.7. The van der Waals surface area contributed by atoms with Crippen LogP contribution in [0.25, 0.3) is 0 Å². The fourth-order valence-corrected chi connectivity index (χ4v) is 3.58. The van der Waals surface area contributed by atoms with E-state index in [1.807, 2.05) is 12.1 Å². The molecule has 0 spiro atoms. The van der Waals surface area contributed by atoms with Crippen molar-refractivity contribution in [3.05, 3.63) is 60.2 Å². The third-order valence-corrected chi connectivity index (χ3v) is 5.52. The average Bonchev–Trinajstić information content (AvgIpc) is 2.85. The van der Waals surface area contributed by atoms with Crippen molar-refractivity contribution in [3.8, 4) is 0 Å². The Balaban J connectivity index is 2.24. The molecule has 0 unspecified atom stereocenters. The first-order chi connectivity index (χ1) is 18.2. The highest BCUT2D eigenvalue weighted by molar-refractivity contribution is 6.01. The zero-order valence-corrected chi connectivity index (χ0v) is 23.7. The van der Waals surface area contributed by atoms with Crippen molar-refractivity contribution in [2.75, 3.05) is 0 Å². The summed E-state index contributed by atoms with van der Waals surface area (Å²) in [5.41, 5.74) is -2.35. The van der Waals surface area contributed by atoms with Crippen LogP contribution >= 0.6 is 0 Å². The largest absolute Gasteiger partial charge is 0.459 e. The fourth-order valence-electron chi connectivity index (χ4n) is 3.58. The van der Waals surface area contributed by atoms with E-state index in [0.29, 0.717) is 11.4 Å². The van der Waals surface area contributed by atoms with E-state index in [-0.39, 0.29) is 50.6 Å². The van der Waals surface area contributed by atoms with Gasteiger partial charge in [-0.3, -0.25) is 29.1 Å². The van der Waals surface area contributed by atoms with Gasteiger partial charge in [0.1, 0.15) is 11.2 Å². The van der Waals surface area contributed by atoms with E-state index < -0.39 is 28.6 Å². The number of pyridine rings is 2. The first kappa shape index (κ1) is 31.4. The van der Waals surface area contributed by atoms with Crippen LogP contribution in [0.5, 0.6) is 0 Å². The van der Waals surface area contributed by atoms with Gasteiger partial charge in [-0.1, -0.05) is 12.1 Å². The number of aromatic nitrogens is 2. The highest BCUT2D eigenvalue weighted by Gasteiger charge is 2.51. The Kier molecular flexibility index (Phi) is 11.1. The number of carbonyl (C=O) groups excluding carboxylic acids is 4. The van der Waals surface area contributed by atoms with Crippen LogP contribution in [0.1, 0.15) is 78.6 Å². The Morgan fingerprint density at radius 3 is 1.36 bits per heavy atom. The molecule has 0 saturated heterocycles. The predicted octanol–water partition coefficient (Wildman–Crippen LogP) is 3.64. The van der Waals surface area contributed by atoms with Crippen LogP contribution in [-0.2, 0) is 41.7 Å². The summed E-state index contributed by atoms with van der Waals surface area (Å²) in [7, 11) is 0. The topological polar surface area (TPSA) is 137 Å². The van der Waals surface area contributed by atoms with Crippen molar-refractivity contribution in [1.29, 1.82) is 0 Å². The summed E-state index contributed by atoms with van der Waals surface area (Å²) in [6.45, 7) is 10.5. The lowest BCUT2D eigenvalue weighted by Gasteiger charge is -2.34. The van der Waals surface area contributed by atoms with Crippen LogP contribution in [0.2, 0.25) is 0 Å². The molecule has 0 aliphatic carbocycles. The van der Waals surface area contributed by atoms with E-state index in [9.17, 15) is 19.2 Å². The van der Waals surface area contributed by atoms with Gasteiger partial charge in [0, 0.05) is 25.2 Å². The Bertz CT molecular complexity index is 1020. The number of nitrogens with one attached hydrogen (secondary N) is 2. The van der Waals surface area contributed by atoms with Gasteiger partial charge < -0.3 is 20.1 Å². The van der Waals surface area contributed by atoms with Crippen LogP contribution in [-0.4, -0.2) is 44.9 Å². The van der Waals surface area contributed by atoms with Crippen molar-refractivity contribution in [1.82, 2.24) is 20.6 Å². The van der Waals surface area contributed by atoms with Crippen molar-refractivity contribution in [2.24, 2.45) is 5.41 Å². The number of esters is 2. The van der Waals surface area contributed by atoms with E-state index >= 15 is 0 Å². The normalized spacial score (nSPS) is 11.8. The molecule has 10 heteroatoms. The number of rotatable bonds is 12. The third-order valence-electron chi connectivity index (χ3n) is 5.52. The number of ether oxygens (including phenoxy) is 2. The van der Waals surface area contributed by atoms with Gasteiger partial charge in [-0.15, -0.1) is 0 Å². The minimum Gasteiger partial charge on any atom is -0.459 e. The second-order valence-corrected chi connectivity index (χ2v) is 11.3. The van der Waals surface area contributed by atoms with Gasteiger partial charge in [0.15, 0.2) is 5.41 Å². The van der Waals surface area contributed by atoms with Crippen LogP contribution in [0.3, 0.4) is 0 Å². The molecule has 2 amide bonds. The number of hydrogen-bond donors (Lipinski definition) is 2. The highest BCUT2D eigenvalue weighted by atomic mass is 16.6. The zero-order valence-electron chi connectivity index (χ0n) is 23.7. The molecule has 0 atom stereocenters. The van der Waals surface area contributed by atoms with Gasteiger partial charge in [0.2, 0.25) is 11.8 Å². The second kappa shape index (κ2) is 13.8. The molecular formula is C29H40N4O6. The third kappa shape index (κ3) is 11.2. The average molecular weight is 541 g/mol. The lowest BCUT2D eigenvalue weighted by atomic mass is 9.78. The summed E-state index contributed by atoms with van der Waals surface area (Å²) in [4.78, 5) is 61.0. The van der Waals surface area contributed by atoms with Crippen molar-refractivity contribution >= 4 is 23.8 Å². The van der Waals surface area contributed by atoms with E-state index in [2.05, 4.69) is 20.6 Å². The first-order valence-electron chi connectivity index (χ1n) is 13.0. The molecule has 0 fully saturated rings. The van der Waals surface area contributed by atoms with Crippen LogP contribution in [0, 0.1) is 5.41 Å². The molecule has 0 aliphatic rings. The van der Waals surface area contributed by atoms with Gasteiger partial charge in [-0.2, -0.15) is 0 Å². The maximum atomic E-state index is 13.6. The summed E-state index contributed by atoms with van der Waals surface area (Å²) in [5, 5.41) is 5.51. The van der Waals surface area contributed by atoms with Crippen LogP contribution < -0.4 is 10.6 Å².